The molecule has 0 radical (unpaired) electrons. The fourth-order valence-corrected chi connectivity index (χ4v) is 3.51. The van der Waals surface area contributed by atoms with Gasteiger partial charge in [0, 0.05) is 43.0 Å². The van der Waals surface area contributed by atoms with E-state index in [1.54, 1.807) is 33.5 Å². The van der Waals surface area contributed by atoms with Crippen LogP contribution in [0.1, 0.15) is 5.56 Å². The standard InChI is InChI=1S/C22H25ClN2O4/c1-27-19-13-16(14-20(28-2)22(19)29-3)7-8-21(26)25-11-9-24(10-12-25)18-6-4-5-17(23)15-18/h4-8,13-15H,9-12H2,1-3H3/b8-7+. The van der Waals surface area contributed by atoms with Gasteiger partial charge in [0.15, 0.2) is 11.5 Å². The van der Waals surface area contributed by atoms with E-state index in [1.807, 2.05) is 41.3 Å². The Bertz CT molecular complexity index is 867. The molecule has 2 aromatic rings. The van der Waals surface area contributed by atoms with Crippen LogP contribution < -0.4 is 19.1 Å². The van der Waals surface area contributed by atoms with Gasteiger partial charge in [-0.05, 0) is 42.0 Å². The van der Waals surface area contributed by atoms with Crippen molar-refractivity contribution in [3.63, 3.8) is 0 Å². The maximum absolute atomic E-state index is 12.6. The van der Waals surface area contributed by atoms with E-state index in [0.717, 1.165) is 24.3 Å². The van der Waals surface area contributed by atoms with Crippen LogP contribution in [-0.4, -0.2) is 58.3 Å². The summed E-state index contributed by atoms with van der Waals surface area (Å²) in [5.41, 5.74) is 1.88. The van der Waals surface area contributed by atoms with Crippen molar-refractivity contribution in [3.8, 4) is 17.2 Å². The average Bonchev–Trinajstić information content (AvgIpc) is 2.76. The molecule has 0 saturated carbocycles. The Morgan fingerprint density at radius 2 is 1.62 bits per heavy atom. The first-order chi connectivity index (χ1) is 14.0. The average molecular weight is 417 g/mol. The van der Waals surface area contributed by atoms with E-state index in [2.05, 4.69) is 4.90 Å². The van der Waals surface area contributed by atoms with Crippen LogP contribution in [0.15, 0.2) is 42.5 Å². The number of hydrogen-bond acceptors (Lipinski definition) is 5. The molecule has 0 bridgehead atoms. The molecule has 0 unspecified atom stereocenters. The predicted molar refractivity (Wildman–Crippen MR) is 115 cm³/mol. The third-order valence-corrected chi connectivity index (χ3v) is 5.11. The van der Waals surface area contributed by atoms with Gasteiger partial charge in [0.2, 0.25) is 11.7 Å². The topological polar surface area (TPSA) is 51.2 Å². The fraction of sp³-hybridized carbons (Fsp3) is 0.318. The van der Waals surface area contributed by atoms with Crippen LogP contribution >= 0.6 is 11.6 Å². The Balaban J connectivity index is 1.64. The predicted octanol–water partition coefficient (Wildman–Crippen LogP) is 3.73. The second-order valence-corrected chi connectivity index (χ2v) is 7.02. The van der Waals surface area contributed by atoms with Crippen molar-refractivity contribution in [2.75, 3.05) is 52.4 Å². The highest BCUT2D eigenvalue weighted by atomic mass is 35.5. The summed E-state index contributed by atoms with van der Waals surface area (Å²) in [5.74, 6) is 1.60. The summed E-state index contributed by atoms with van der Waals surface area (Å²) in [6.45, 7) is 2.85. The number of hydrogen-bond donors (Lipinski definition) is 0. The van der Waals surface area contributed by atoms with Crippen molar-refractivity contribution in [1.29, 1.82) is 0 Å². The van der Waals surface area contributed by atoms with E-state index >= 15 is 0 Å². The van der Waals surface area contributed by atoms with E-state index < -0.39 is 0 Å². The molecule has 2 aromatic carbocycles. The molecule has 1 aliphatic rings. The maximum atomic E-state index is 12.6. The number of nitrogens with zero attached hydrogens (tertiary/aromatic N) is 2. The molecule has 1 amide bonds. The number of ether oxygens (including phenoxy) is 3. The summed E-state index contributed by atoms with van der Waals surface area (Å²) < 4.78 is 16.0. The highest BCUT2D eigenvalue weighted by Gasteiger charge is 2.20. The van der Waals surface area contributed by atoms with Gasteiger partial charge in [-0.3, -0.25) is 4.79 Å². The molecule has 1 saturated heterocycles. The van der Waals surface area contributed by atoms with Crippen LogP contribution in [0.5, 0.6) is 17.2 Å². The van der Waals surface area contributed by atoms with Gasteiger partial charge >= 0.3 is 0 Å². The van der Waals surface area contributed by atoms with Gasteiger partial charge in [0.05, 0.1) is 21.3 Å². The number of rotatable bonds is 6. The third-order valence-electron chi connectivity index (χ3n) is 4.87. The summed E-state index contributed by atoms with van der Waals surface area (Å²) in [7, 11) is 4.69. The SMILES string of the molecule is COc1cc(/C=C/C(=O)N2CCN(c3cccc(Cl)c3)CC2)cc(OC)c1OC. The number of carbonyl (C=O) groups is 1. The van der Waals surface area contributed by atoms with Crippen LogP contribution in [0.25, 0.3) is 6.08 Å². The highest BCUT2D eigenvalue weighted by Crippen LogP contribution is 2.38. The van der Waals surface area contributed by atoms with Gasteiger partial charge in [-0.25, -0.2) is 0 Å². The zero-order chi connectivity index (χ0) is 20.8. The lowest BCUT2D eigenvalue weighted by Crippen LogP contribution is -2.48. The maximum Gasteiger partial charge on any atom is 0.246 e. The number of benzene rings is 2. The van der Waals surface area contributed by atoms with E-state index in [9.17, 15) is 4.79 Å². The molecule has 7 heteroatoms. The van der Waals surface area contributed by atoms with Gasteiger partial charge in [-0.2, -0.15) is 0 Å². The second kappa shape index (κ2) is 9.56. The van der Waals surface area contributed by atoms with Crippen molar-refractivity contribution < 1.29 is 19.0 Å². The first-order valence-corrected chi connectivity index (χ1v) is 9.71. The summed E-state index contributed by atoms with van der Waals surface area (Å²) >= 11 is 6.08. The van der Waals surface area contributed by atoms with Crippen LogP contribution in [0.2, 0.25) is 5.02 Å². The lowest BCUT2D eigenvalue weighted by Gasteiger charge is -2.35. The first-order valence-electron chi connectivity index (χ1n) is 9.33. The van der Waals surface area contributed by atoms with E-state index in [4.69, 9.17) is 25.8 Å². The number of piperazine rings is 1. The molecule has 0 atom stereocenters. The Labute approximate surface area is 176 Å². The molecule has 3 rings (SSSR count). The van der Waals surface area contributed by atoms with E-state index in [1.165, 1.54) is 0 Å². The molecule has 154 valence electrons. The van der Waals surface area contributed by atoms with Crippen LogP contribution in [0.4, 0.5) is 5.69 Å². The first kappa shape index (κ1) is 20.9. The van der Waals surface area contributed by atoms with Crippen molar-refractivity contribution in [3.05, 3.63) is 53.1 Å². The number of halogens is 1. The zero-order valence-electron chi connectivity index (χ0n) is 16.9. The molecule has 0 spiro atoms. The van der Waals surface area contributed by atoms with Crippen molar-refractivity contribution in [2.45, 2.75) is 0 Å². The zero-order valence-corrected chi connectivity index (χ0v) is 17.6. The number of methoxy groups -OCH3 is 3. The van der Waals surface area contributed by atoms with Crippen molar-refractivity contribution in [2.24, 2.45) is 0 Å². The minimum atomic E-state index is -0.0236. The van der Waals surface area contributed by atoms with Crippen molar-refractivity contribution in [1.82, 2.24) is 4.90 Å². The molecule has 0 aliphatic carbocycles. The molecule has 1 aliphatic heterocycles. The molecule has 29 heavy (non-hydrogen) atoms. The summed E-state index contributed by atoms with van der Waals surface area (Å²) in [5, 5.41) is 0.717. The Hall–Kier alpha value is -2.86. The largest absolute Gasteiger partial charge is 0.493 e. The molecule has 1 fully saturated rings. The lowest BCUT2D eigenvalue weighted by molar-refractivity contribution is -0.126. The number of amides is 1. The molecular formula is C22H25ClN2O4. The normalized spacial score (nSPS) is 14.2. The van der Waals surface area contributed by atoms with Gasteiger partial charge < -0.3 is 24.0 Å². The molecular weight excluding hydrogens is 392 g/mol. The fourth-order valence-electron chi connectivity index (χ4n) is 3.33. The number of anilines is 1. The minimum Gasteiger partial charge on any atom is -0.493 e. The Kier molecular flexibility index (Phi) is 6.88. The molecule has 6 nitrogen and oxygen atoms in total. The van der Waals surface area contributed by atoms with Crippen LogP contribution in [-0.2, 0) is 4.79 Å². The molecule has 1 heterocycles. The van der Waals surface area contributed by atoms with Crippen molar-refractivity contribution >= 4 is 29.3 Å². The summed E-state index contributed by atoms with van der Waals surface area (Å²) in [6, 6.07) is 11.4. The lowest BCUT2D eigenvalue weighted by atomic mass is 10.1. The van der Waals surface area contributed by atoms with Gasteiger partial charge in [-0.15, -0.1) is 0 Å². The minimum absolute atomic E-state index is 0.0236. The van der Waals surface area contributed by atoms with Crippen LogP contribution in [0.3, 0.4) is 0 Å². The Morgan fingerprint density at radius 1 is 0.966 bits per heavy atom. The second-order valence-electron chi connectivity index (χ2n) is 6.58. The highest BCUT2D eigenvalue weighted by molar-refractivity contribution is 6.30. The number of carbonyl (C=O) groups excluding carboxylic acids is 1. The summed E-state index contributed by atoms with van der Waals surface area (Å²) in [4.78, 5) is 16.7. The van der Waals surface area contributed by atoms with Gasteiger partial charge in [0.25, 0.3) is 0 Å². The third kappa shape index (κ3) is 4.95. The smallest absolute Gasteiger partial charge is 0.246 e. The molecule has 0 N–H and O–H groups in total. The quantitative estimate of drug-likeness (QED) is 0.671. The van der Waals surface area contributed by atoms with Gasteiger partial charge in [-0.1, -0.05) is 17.7 Å². The monoisotopic (exact) mass is 416 g/mol. The van der Waals surface area contributed by atoms with Crippen LogP contribution in [0, 0.1) is 0 Å². The van der Waals surface area contributed by atoms with Gasteiger partial charge in [0.1, 0.15) is 0 Å². The Morgan fingerprint density at radius 3 is 2.17 bits per heavy atom. The van der Waals surface area contributed by atoms with E-state index in [0.29, 0.717) is 35.4 Å². The molecule has 0 aromatic heterocycles. The van der Waals surface area contributed by atoms with E-state index in [-0.39, 0.29) is 5.91 Å². The summed E-state index contributed by atoms with van der Waals surface area (Å²) in [6.07, 6.45) is 3.34.